The van der Waals surface area contributed by atoms with Gasteiger partial charge in [-0.25, -0.2) is 0 Å². The molecule has 1 aromatic heterocycles. The van der Waals surface area contributed by atoms with Crippen molar-refractivity contribution in [1.29, 1.82) is 0 Å². The second-order valence-corrected chi connectivity index (χ2v) is 6.27. The Balaban J connectivity index is 1.75. The van der Waals surface area contributed by atoms with Gasteiger partial charge < -0.3 is 15.0 Å². The van der Waals surface area contributed by atoms with Gasteiger partial charge in [-0.05, 0) is 18.2 Å². The predicted octanol–water partition coefficient (Wildman–Crippen LogP) is 3.20. The predicted molar refractivity (Wildman–Crippen MR) is 98.3 cm³/mol. The van der Waals surface area contributed by atoms with Crippen molar-refractivity contribution in [2.45, 2.75) is 6.10 Å². The third-order valence-corrected chi connectivity index (χ3v) is 4.47. The molecule has 0 spiro atoms. The van der Waals surface area contributed by atoms with Crippen LogP contribution in [0.3, 0.4) is 0 Å². The van der Waals surface area contributed by atoms with E-state index in [0.29, 0.717) is 5.56 Å². The Morgan fingerprint density at radius 1 is 1.35 bits per heavy atom. The number of hydrogen-bond acceptors (Lipinski definition) is 4. The molecule has 2 aromatic carbocycles. The molecule has 0 saturated carbocycles. The smallest absolute Gasteiger partial charge is 0.288 e. The van der Waals surface area contributed by atoms with E-state index in [1.165, 1.54) is 12.1 Å². The van der Waals surface area contributed by atoms with Crippen LogP contribution < -0.4 is 5.32 Å². The Kier molecular flexibility index (Phi) is 4.92. The molecule has 0 aliphatic heterocycles. The number of fused-ring (bicyclic) bond motifs is 1. The van der Waals surface area contributed by atoms with Gasteiger partial charge >= 0.3 is 0 Å². The lowest BCUT2D eigenvalue weighted by atomic mass is 10.1. The minimum atomic E-state index is -0.910. The normalized spacial score (nSPS) is 12.1. The summed E-state index contributed by atoms with van der Waals surface area (Å²) in [6, 6.07) is 11.4. The monoisotopic (exact) mass is 373 g/mol. The van der Waals surface area contributed by atoms with Gasteiger partial charge in [0.25, 0.3) is 11.6 Å². The highest BCUT2D eigenvalue weighted by Crippen LogP contribution is 2.26. The summed E-state index contributed by atoms with van der Waals surface area (Å²) in [6.07, 6.45) is 0.904. The highest BCUT2D eigenvalue weighted by atomic mass is 35.5. The zero-order chi connectivity index (χ0) is 18.8. The summed E-state index contributed by atoms with van der Waals surface area (Å²) in [4.78, 5) is 22.5. The first-order chi connectivity index (χ1) is 12.4. The molecule has 1 heterocycles. The van der Waals surface area contributed by atoms with Crippen molar-refractivity contribution in [1.82, 2.24) is 9.88 Å². The van der Waals surface area contributed by atoms with Crippen molar-refractivity contribution in [3.05, 3.63) is 74.9 Å². The summed E-state index contributed by atoms with van der Waals surface area (Å²) in [7, 11) is 1.88. The molecule has 1 atom stereocenters. The second-order valence-electron chi connectivity index (χ2n) is 5.86. The molecule has 0 radical (unpaired) electrons. The zero-order valence-corrected chi connectivity index (χ0v) is 14.6. The van der Waals surface area contributed by atoms with Crippen molar-refractivity contribution in [2.24, 2.45) is 7.05 Å². The lowest BCUT2D eigenvalue weighted by Crippen LogP contribution is -2.28. The van der Waals surface area contributed by atoms with E-state index in [9.17, 15) is 20.0 Å². The van der Waals surface area contributed by atoms with E-state index in [2.05, 4.69) is 5.32 Å². The van der Waals surface area contributed by atoms with Gasteiger partial charge in [-0.2, -0.15) is 0 Å². The van der Waals surface area contributed by atoms with Crippen LogP contribution in [-0.2, 0) is 7.05 Å². The molecule has 7 nitrogen and oxygen atoms in total. The van der Waals surface area contributed by atoms with E-state index in [1.54, 1.807) is 0 Å². The average Bonchev–Trinajstić information content (AvgIpc) is 2.97. The molecule has 0 bridgehead atoms. The lowest BCUT2D eigenvalue weighted by Gasteiger charge is -2.11. The summed E-state index contributed by atoms with van der Waals surface area (Å²) >= 11 is 5.75. The maximum atomic E-state index is 12.2. The van der Waals surface area contributed by atoms with Gasteiger partial charge in [0.2, 0.25) is 0 Å². The molecule has 2 N–H and O–H groups in total. The van der Waals surface area contributed by atoms with Gasteiger partial charge in [0.1, 0.15) is 5.02 Å². The third-order valence-electron chi connectivity index (χ3n) is 4.15. The molecular formula is C18H16ClN3O4. The molecule has 3 rings (SSSR count). The number of nitrogens with one attached hydrogen (secondary N) is 1. The van der Waals surface area contributed by atoms with E-state index in [-0.39, 0.29) is 22.8 Å². The van der Waals surface area contributed by atoms with Crippen molar-refractivity contribution in [3.8, 4) is 0 Å². The molecule has 3 aromatic rings. The number of nitro groups is 1. The van der Waals surface area contributed by atoms with Crippen molar-refractivity contribution in [3.63, 3.8) is 0 Å². The number of carbonyl (C=O) groups excluding carboxylic acids is 1. The van der Waals surface area contributed by atoms with Crippen LogP contribution in [0.15, 0.2) is 48.7 Å². The van der Waals surface area contributed by atoms with Crippen molar-refractivity contribution >= 4 is 34.1 Å². The van der Waals surface area contributed by atoms with Gasteiger partial charge in [-0.3, -0.25) is 14.9 Å². The zero-order valence-electron chi connectivity index (χ0n) is 13.8. The number of rotatable bonds is 5. The van der Waals surface area contributed by atoms with Gasteiger partial charge in [-0.15, -0.1) is 0 Å². The number of benzene rings is 2. The van der Waals surface area contributed by atoms with Gasteiger partial charge in [0, 0.05) is 47.9 Å². The number of nitrogens with zero attached hydrogens (tertiary/aromatic N) is 2. The minimum Gasteiger partial charge on any atom is -0.386 e. The first-order valence-electron chi connectivity index (χ1n) is 7.82. The number of aryl methyl sites for hydroxylation is 1. The number of halogens is 1. The average molecular weight is 374 g/mol. The highest BCUT2D eigenvalue weighted by Gasteiger charge is 2.18. The van der Waals surface area contributed by atoms with Crippen LogP contribution in [0.25, 0.3) is 10.9 Å². The van der Waals surface area contributed by atoms with Gasteiger partial charge in [0.05, 0.1) is 11.0 Å². The van der Waals surface area contributed by atoms with E-state index in [4.69, 9.17) is 11.6 Å². The SMILES string of the molecule is Cn1cc(C(O)CNC(=O)c2ccc(Cl)c([N+](=O)[O-])c2)c2ccccc21. The molecule has 0 saturated heterocycles. The molecule has 0 fully saturated rings. The number of nitro benzene ring substituents is 1. The Bertz CT molecular complexity index is 999. The molecule has 0 aliphatic carbocycles. The lowest BCUT2D eigenvalue weighted by molar-refractivity contribution is -0.384. The standard InChI is InChI=1S/C18H16ClN3O4/c1-21-10-13(12-4-2-3-5-15(12)21)17(23)9-20-18(24)11-6-7-14(19)16(8-11)22(25)26/h2-8,10,17,23H,9H2,1H3,(H,20,24). The molecule has 0 aliphatic rings. The van der Waals surface area contributed by atoms with Gasteiger partial charge in [-0.1, -0.05) is 29.8 Å². The number of aliphatic hydroxyl groups is 1. The fourth-order valence-electron chi connectivity index (χ4n) is 2.83. The number of amides is 1. The minimum absolute atomic E-state index is 0.0245. The summed E-state index contributed by atoms with van der Waals surface area (Å²) in [5.41, 5.74) is 1.44. The Morgan fingerprint density at radius 2 is 2.08 bits per heavy atom. The first-order valence-corrected chi connectivity index (χ1v) is 8.20. The number of aromatic nitrogens is 1. The van der Waals surface area contributed by atoms with E-state index in [1.807, 2.05) is 42.1 Å². The molecular weight excluding hydrogens is 358 g/mol. The summed E-state index contributed by atoms with van der Waals surface area (Å²) < 4.78 is 1.90. The van der Waals surface area contributed by atoms with Gasteiger partial charge in [0.15, 0.2) is 0 Å². The summed E-state index contributed by atoms with van der Waals surface area (Å²) in [5.74, 6) is -0.524. The Labute approximate surface area is 154 Å². The summed E-state index contributed by atoms with van der Waals surface area (Å²) in [6.45, 7) is -0.0245. The topological polar surface area (TPSA) is 97.4 Å². The van der Waals surface area contributed by atoms with Crippen LogP contribution in [-0.4, -0.2) is 27.0 Å². The first kappa shape index (κ1) is 17.9. The fraction of sp³-hybridized carbons (Fsp3) is 0.167. The fourth-order valence-corrected chi connectivity index (χ4v) is 3.02. The molecule has 8 heteroatoms. The molecule has 1 amide bonds. The van der Waals surface area contributed by atoms with Crippen LogP contribution in [0.1, 0.15) is 22.0 Å². The molecule has 1 unspecified atom stereocenters. The molecule has 134 valence electrons. The van der Waals surface area contributed by atoms with Crippen molar-refractivity contribution in [2.75, 3.05) is 6.54 Å². The quantitative estimate of drug-likeness (QED) is 0.530. The van der Waals surface area contributed by atoms with Crippen LogP contribution in [0.2, 0.25) is 5.02 Å². The van der Waals surface area contributed by atoms with Crippen molar-refractivity contribution < 1.29 is 14.8 Å². The summed E-state index contributed by atoms with van der Waals surface area (Å²) in [5, 5.41) is 24.8. The third kappa shape index (κ3) is 3.40. The second kappa shape index (κ2) is 7.15. The van der Waals surface area contributed by atoms with E-state index < -0.39 is 16.9 Å². The van der Waals surface area contributed by atoms with Crippen LogP contribution >= 0.6 is 11.6 Å². The largest absolute Gasteiger partial charge is 0.386 e. The maximum Gasteiger partial charge on any atom is 0.288 e. The Hall–Kier alpha value is -2.90. The number of carbonyl (C=O) groups is 1. The van der Waals surface area contributed by atoms with E-state index >= 15 is 0 Å². The Morgan fingerprint density at radius 3 is 2.81 bits per heavy atom. The van der Waals surface area contributed by atoms with E-state index in [0.717, 1.165) is 17.0 Å². The molecule has 26 heavy (non-hydrogen) atoms. The highest BCUT2D eigenvalue weighted by molar-refractivity contribution is 6.32. The number of para-hydroxylation sites is 1. The number of aliphatic hydroxyl groups excluding tert-OH is 1. The van der Waals surface area contributed by atoms with Crippen LogP contribution in [0.4, 0.5) is 5.69 Å². The van der Waals surface area contributed by atoms with Crippen LogP contribution in [0, 0.1) is 10.1 Å². The maximum absolute atomic E-state index is 12.2. The van der Waals surface area contributed by atoms with Crippen LogP contribution in [0.5, 0.6) is 0 Å². The number of hydrogen-bond donors (Lipinski definition) is 2.